The number of nitrogens with two attached hydrogens (primary N) is 1. The molecule has 0 amide bonds. The highest BCUT2D eigenvalue weighted by molar-refractivity contribution is 5.68. The Hall–Kier alpha value is -3.22. The number of hydrogen-bond acceptors (Lipinski definition) is 7. The van der Waals surface area contributed by atoms with Crippen LogP contribution in [0.5, 0.6) is 5.75 Å². The quantitative estimate of drug-likeness (QED) is 0.775. The molecule has 1 aliphatic rings. The first-order chi connectivity index (χ1) is 12.8. The molecular weight excluding hydrogens is 328 g/mol. The largest absolute Gasteiger partial charge is 0.497 e. The summed E-state index contributed by atoms with van der Waals surface area (Å²) < 4.78 is 5.36. The monoisotopic (exact) mass is 348 g/mol. The van der Waals surface area contributed by atoms with Crippen LogP contribution in [0.2, 0.25) is 0 Å². The van der Waals surface area contributed by atoms with Gasteiger partial charge in [-0.25, -0.2) is 19.9 Å². The smallest absolute Gasteiger partial charge is 0.225 e. The molecule has 0 bridgehead atoms. The first kappa shape index (κ1) is 16.3. The average molecular weight is 348 g/mol. The molecule has 1 aromatic carbocycles. The molecule has 1 saturated heterocycles. The van der Waals surface area contributed by atoms with Crippen molar-refractivity contribution < 1.29 is 4.74 Å². The van der Waals surface area contributed by atoms with E-state index in [4.69, 9.17) is 10.5 Å². The summed E-state index contributed by atoms with van der Waals surface area (Å²) in [5.41, 5.74) is 8.77. The number of aromatic nitrogens is 4. The summed E-state index contributed by atoms with van der Waals surface area (Å²) in [7, 11) is 1.66. The molecule has 2 aromatic heterocycles. The predicted molar refractivity (Wildman–Crippen MR) is 99.8 cm³/mol. The summed E-state index contributed by atoms with van der Waals surface area (Å²) in [6.07, 6.45) is 7.31. The van der Waals surface area contributed by atoms with Gasteiger partial charge >= 0.3 is 0 Å². The molecule has 0 aliphatic carbocycles. The first-order valence-electron chi connectivity index (χ1n) is 8.57. The SMILES string of the molecule is COc1cccc(-c2cnc(N)nc2[C@H]2CCCN2c2ncccn2)c1. The molecule has 7 heteroatoms. The summed E-state index contributed by atoms with van der Waals surface area (Å²) in [5, 5.41) is 0. The van der Waals surface area contributed by atoms with E-state index in [1.807, 2.05) is 30.3 Å². The highest BCUT2D eigenvalue weighted by Gasteiger charge is 2.31. The Morgan fingerprint density at radius 3 is 2.81 bits per heavy atom. The van der Waals surface area contributed by atoms with Crippen molar-refractivity contribution in [1.82, 2.24) is 19.9 Å². The Morgan fingerprint density at radius 2 is 2.00 bits per heavy atom. The van der Waals surface area contributed by atoms with Crippen LogP contribution in [-0.2, 0) is 0 Å². The Labute approximate surface area is 151 Å². The van der Waals surface area contributed by atoms with Crippen molar-refractivity contribution in [3.63, 3.8) is 0 Å². The molecule has 132 valence electrons. The van der Waals surface area contributed by atoms with Crippen LogP contribution in [-0.4, -0.2) is 33.6 Å². The fraction of sp³-hybridized carbons (Fsp3) is 0.263. The third-order valence-electron chi connectivity index (χ3n) is 4.60. The Kier molecular flexibility index (Phi) is 4.35. The van der Waals surface area contributed by atoms with Gasteiger partial charge in [0.25, 0.3) is 0 Å². The van der Waals surface area contributed by atoms with Crippen molar-refractivity contribution in [1.29, 1.82) is 0 Å². The van der Waals surface area contributed by atoms with Gasteiger partial charge < -0.3 is 15.4 Å². The Balaban J connectivity index is 1.79. The molecular formula is C19H20N6O. The Morgan fingerprint density at radius 1 is 1.15 bits per heavy atom. The van der Waals surface area contributed by atoms with Gasteiger partial charge in [0, 0.05) is 30.7 Å². The van der Waals surface area contributed by atoms with E-state index in [1.165, 1.54) is 0 Å². The first-order valence-corrected chi connectivity index (χ1v) is 8.57. The van der Waals surface area contributed by atoms with E-state index in [0.717, 1.165) is 42.0 Å². The second-order valence-corrected chi connectivity index (χ2v) is 6.16. The zero-order valence-electron chi connectivity index (χ0n) is 14.5. The number of anilines is 2. The lowest BCUT2D eigenvalue weighted by Gasteiger charge is -2.25. The molecule has 0 radical (unpaired) electrons. The molecule has 3 aromatic rings. The van der Waals surface area contributed by atoms with Gasteiger partial charge in [-0.2, -0.15) is 0 Å². The van der Waals surface area contributed by atoms with E-state index in [9.17, 15) is 0 Å². The van der Waals surface area contributed by atoms with Crippen molar-refractivity contribution >= 4 is 11.9 Å². The number of rotatable bonds is 4. The lowest BCUT2D eigenvalue weighted by Crippen LogP contribution is -2.26. The average Bonchev–Trinajstić information content (AvgIpc) is 3.18. The van der Waals surface area contributed by atoms with Gasteiger partial charge in [-0.05, 0) is 36.6 Å². The molecule has 4 rings (SSSR count). The van der Waals surface area contributed by atoms with E-state index in [0.29, 0.717) is 5.95 Å². The van der Waals surface area contributed by atoms with E-state index in [1.54, 1.807) is 25.7 Å². The number of nitrogens with zero attached hydrogens (tertiary/aromatic N) is 5. The second kappa shape index (κ2) is 6.95. The highest BCUT2D eigenvalue weighted by atomic mass is 16.5. The molecule has 7 nitrogen and oxygen atoms in total. The van der Waals surface area contributed by atoms with Crippen LogP contribution in [0.3, 0.4) is 0 Å². The van der Waals surface area contributed by atoms with Crippen LogP contribution in [0.1, 0.15) is 24.6 Å². The minimum atomic E-state index is 0.0592. The maximum atomic E-state index is 5.92. The van der Waals surface area contributed by atoms with Gasteiger partial charge in [-0.3, -0.25) is 0 Å². The fourth-order valence-corrected chi connectivity index (χ4v) is 3.41. The molecule has 1 fully saturated rings. The van der Waals surface area contributed by atoms with E-state index < -0.39 is 0 Å². The number of benzene rings is 1. The van der Waals surface area contributed by atoms with Crippen molar-refractivity contribution in [3.05, 3.63) is 54.6 Å². The maximum Gasteiger partial charge on any atom is 0.225 e. The fourth-order valence-electron chi connectivity index (χ4n) is 3.41. The van der Waals surface area contributed by atoms with Crippen LogP contribution in [0.4, 0.5) is 11.9 Å². The lowest BCUT2D eigenvalue weighted by molar-refractivity contribution is 0.415. The molecule has 1 atom stereocenters. The van der Waals surface area contributed by atoms with Gasteiger partial charge in [-0.15, -0.1) is 0 Å². The molecule has 0 saturated carbocycles. The number of hydrogen-bond donors (Lipinski definition) is 1. The maximum absolute atomic E-state index is 5.92. The highest BCUT2D eigenvalue weighted by Crippen LogP contribution is 2.38. The Bertz CT molecular complexity index is 902. The molecule has 2 N–H and O–H groups in total. The van der Waals surface area contributed by atoms with Crippen LogP contribution in [0, 0.1) is 0 Å². The second-order valence-electron chi connectivity index (χ2n) is 6.16. The van der Waals surface area contributed by atoms with Crippen molar-refractivity contribution in [3.8, 4) is 16.9 Å². The van der Waals surface area contributed by atoms with Crippen LogP contribution in [0.25, 0.3) is 11.1 Å². The topological polar surface area (TPSA) is 90.0 Å². The standard InChI is InChI=1S/C19H20N6O/c1-26-14-6-2-5-13(11-14)15-12-23-18(20)24-17(15)16-7-3-10-25(16)19-21-8-4-9-22-19/h2,4-6,8-9,11-12,16H,3,7,10H2,1H3,(H2,20,23,24)/t16-/m1/s1. The summed E-state index contributed by atoms with van der Waals surface area (Å²) in [6, 6.07) is 9.76. The van der Waals surface area contributed by atoms with Crippen LogP contribution in [0.15, 0.2) is 48.9 Å². The summed E-state index contributed by atoms with van der Waals surface area (Å²) in [6.45, 7) is 0.885. The molecule has 0 unspecified atom stereocenters. The van der Waals surface area contributed by atoms with E-state index >= 15 is 0 Å². The van der Waals surface area contributed by atoms with Gasteiger partial charge in [0.15, 0.2) is 0 Å². The number of ether oxygens (including phenoxy) is 1. The van der Waals surface area contributed by atoms with Crippen LogP contribution < -0.4 is 15.4 Å². The summed E-state index contributed by atoms with van der Waals surface area (Å²) in [5.74, 6) is 1.77. The van der Waals surface area contributed by atoms with Crippen LogP contribution >= 0.6 is 0 Å². The van der Waals surface area contributed by atoms with Gasteiger partial charge in [0.05, 0.1) is 18.8 Å². The number of methoxy groups -OCH3 is 1. The van der Waals surface area contributed by atoms with Gasteiger partial charge in [0.1, 0.15) is 5.75 Å². The predicted octanol–water partition coefficient (Wildman–Crippen LogP) is 2.87. The molecule has 3 heterocycles. The van der Waals surface area contributed by atoms with Gasteiger partial charge in [0.2, 0.25) is 11.9 Å². The van der Waals surface area contributed by atoms with E-state index in [2.05, 4.69) is 24.8 Å². The zero-order chi connectivity index (χ0) is 17.9. The summed E-state index contributed by atoms with van der Waals surface area (Å²) >= 11 is 0. The van der Waals surface area contributed by atoms with Crippen molar-refractivity contribution in [2.75, 3.05) is 24.3 Å². The molecule has 1 aliphatic heterocycles. The minimum Gasteiger partial charge on any atom is -0.497 e. The summed E-state index contributed by atoms with van der Waals surface area (Å²) in [4.78, 5) is 19.8. The van der Waals surface area contributed by atoms with Crippen molar-refractivity contribution in [2.24, 2.45) is 0 Å². The van der Waals surface area contributed by atoms with Crippen molar-refractivity contribution in [2.45, 2.75) is 18.9 Å². The number of nitrogen functional groups attached to an aromatic ring is 1. The minimum absolute atomic E-state index is 0.0592. The van der Waals surface area contributed by atoms with E-state index in [-0.39, 0.29) is 12.0 Å². The lowest BCUT2D eigenvalue weighted by atomic mass is 9.99. The normalized spacial score (nSPS) is 16.7. The third kappa shape index (κ3) is 3.03. The zero-order valence-corrected chi connectivity index (χ0v) is 14.5. The third-order valence-corrected chi connectivity index (χ3v) is 4.60. The van der Waals surface area contributed by atoms with Gasteiger partial charge in [-0.1, -0.05) is 12.1 Å². The molecule has 0 spiro atoms. The molecule has 26 heavy (non-hydrogen) atoms.